The lowest BCUT2D eigenvalue weighted by atomic mass is 10.0. The molecule has 0 spiro atoms. The van der Waals surface area contributed by atoms with Crippen LogP contribution in [0.2, 0.25) is 0 Å². The molecule has 0 bridgehead atoms. The molecule has 9 heteroatoms. The third kappa shape index (κ3) is 3.16. The van der Waals surface area contributed by atoms with Crippen LogP contribution in [0.4, 0.5) is 0 Å². The van der Waals surface area contributed by atoms with Crippen LogP contribution in [0.5, 0.6) is 0 Å². The van der Waals surface area contributed by atoms with E-state index in [0.717, 1.165) is 55.0 Å². The highest BCUT2D eigenvalue weighted by atomic mass is 32.1. The van der Waals surface area contributed by atoms with Crippen molar-refractivity contribution in [3.05, 3.63) is 33.9 Å². The van der Waals surface area contributed by atoms with Crippen LogP contribution >= 0.6 is 11.3 Å². The molecule has 1 aliphatic carbocycles. The summed E-state index contributed by atoms with van der Waals surface area (Å²) in [5, 5.41) is 14.5. The van der Waals surface area contributed by atoms with E-state index in [1.165, 1.54) is 11.3 Å². The number of nitrogens with zero attached hydrogens (tertiary/aromatic N) is 6. The van der Waals surface area contributed by atoms with Gasteiger partial charge in [0.05, 0.1) is 17.1 Å². The van der Waals surface area contributed by atoms with E-state index in [9.17, 15) is 4.79 Å². The average Bonchev–Trinajstić information content (AvgIpc) is 3.10. The summed E-state index contributed by atoms with van der Waals surface area (Å²) in [4.78, 5) is 19.9. The van der Waals surface area contributed by atoms with Crippen molar-refractivity contribution in [1.82, 2.24) is 30.0 Å². The molecule has 3 aromatic rings. The molecule has 4 heterocycles. The molecule has 1 amide bonds. The molecule has 2 aliphatic rings. The summed E-state index contributed by atoms with van der Waals surface area (Å²) in [5.41, 5.74) is 1.67. The first kappa shape index (κ1) is 16.6. The van der Waals surface area contributed by atoms with Gasteiger partial charge in [-0.15, -0.1) is 16.4 Å². The van der Waals surface area contributed by atoms with Gasteiger partial charge in [-0.25, -0.2) is 4.68 Å². The standard InChI is InChI=1S/C18H20N6O2S/c1-11-6-9-27-15(11)18(25)23-7-4-13(5-8-23)24-10-14(20-22-24)17-19-16(21-26-17)12-2-3-12/h6,9-10,12-13H,2-5,7-8H2,1H3. The fourth-order valence-corrected chi connectivity index (χ4v) is 4.36. The van der Waals surface area contributed by atoms with E-state index in [0.29, 0.717) is 17.5 Å². The molecular formula is C18H20N6O2S. The van der Waals surface area contributed by atoms with Gasteiger partial charge >= 0.3 is 0 Å². The van der Waals surface area contributed by atoms with E-state index in [4.69, 9.17) is 4.52 Å². The van der Waals surface area contributed by atoms with Crippen LogP contribution in [0.1, 0.15) is 58.7 Å². The number of rotatable bonds is 4. The molecule has 8 nitrogen and oxygen atoms in total. The monoisotopic (exact) mass is 384 g/mol. The fraction of sp³-hybridized carbons (Fsp3) is 0.500. The number of carbonyl (C=O) groups excluding carboxylic acids is 1. The molecule has 0 unspecified atom stereocenters. The number of likely N-dealkylation sites (tertiary alicyclic amines) is 1. The second-order valence-corrected chi connectivity index (χ2v) is 8.19. The Morgan fingerprint density at radius 3 is 2.78 bits per heavy atom. The van der Waals surface area contributed by atoms with Gasteiger partial charge in [-0.2, -0.15) is 4.98 Å². The van der Waals surface area contributed by atoms with E-state index >= 15 is 0 Å². The lowest BCUT2D eigenvalue weighted by Crippen LogP contribution is -2.39. The Labute approximate surface area is 160 Å². The van der Waals surface area contributed by atoms with Gasteiger partial charge in [0.2, 0.25) is 0 Å². The van der Waals surface area contributed by atoms with Crippen LogP contribution in [-0.4, -0.2) is 49.0 Å². The highest BCUT2D eigenvalue weighted by Gasteiger charge is 2.30. The van der Waals surface area contributed by atoms with Crippen molar-refractivity contribution >= 4 is 17.2 Å². The van der Waals surface area contributed by atoms with Gasteiger partial charge in [0.1, 0.15) is 0 Å². The minimum absolute atomic E-state index is 0.138. The maximum absolute atomic E-state index is 12.7. The summed E-state index contributed by atoms with van der Waals surface area (Å²) in [6.07, 6.45) is 5.85. The van der Waals surface area contributed by atoms with Gasteiger partial charge in [-0.05, 0) is 49.6 Å². The number of amides is 1. The summed E-state index contributed by atoms with van der Waals surface area (Å²) < 4.78 is 7.19. The Morgan fingerprint density at radius 2 is 2.07 bits per heavy atom. The predicted molar refractivity (Wildman–Crippen MR) is 98.5 cm³/mol. The van der Waals surface area contributed by atoms with E-state index in [2.05, 4.69) is 20.5 Å². The first-order valence-corrected chi connectivity index (χ1v) is 10.2. The first-order valence-electron chi connectivity index (χ1n) is 9.28. The molecule has 0 radical (unpaired) electrons. The van der Waals surface area contributed by atoms with Gasteiger partial charge in [-0.3, -0.25) is 4.79 Å². The summed E-state index contributed by atoms with van der Waals surface area (Å²) in [5.74, 6) is 1.80. The Balaban J connectivity index is 1.24. The molecule has 1 saturated heterocycles. The van der Waals surface area contributed by atoms with Crippen LogP contribution in [0.3, 0.4) is 0 Å². The Bertz CT molecular complexity index is 964. The smallest absolute Gasteiger partial charge is 0.280 e. The molecule has 27 heavy (non-hydrogen) atoms. The first-order chi connectivity index (χ1) is 13.2. The minimum Gasteiger partial charge on any atom is -0.338 e. The van der Waals surface area contributed by atoms with Gasteiger partial charge < -0.3 is 9.42 Å². The summed E-state index contributed by atoms with van der Waals surface area (Å²) in [6.45, 7) is 3.43. The fourth-order valence-electron chi connectivity index (χ4n) is 3.47. The number of piperidine rings is 1. The third-order valence-corrected chi connectivity index (χ3v) is 6.30. The summed E-state index contributed by atoms with van der Waals surface area (Å²) in [6, 6.07) is 2.22. The normalized spacial score (nSPS) is 18.2. The van der Waals surface area contributed by atoms with E-state index in [1.807, 2.05) is 34.1 Å². The van der Waals surface area contributed by atoms with Gasteiger partial charge in [0, 0.05) is 19.0 Å². The van der Waals surface area contributed by atoms with Crippen molar-refractivity contribution in [3.8, 4) is 11.6 Å². The number of aromatic nitrogens is 5. The van der Waals surface area contributed by atoms with Crippen LogP contribution < -0.4 is 0 Å². The van der Waals surface area contributed by atoms with Crippen LogP contribution in [0.25, 0.3) is 11.6 Å². The molecule has 1 saturated carbocycles. The van der Waals surface area contributed by atoms with E-state index in [-0.39, 0.29) is 11.9 Å². The zero-order valence-electron chi connectivity index (χ0n) is 15.0. The lowest BCUT2D eigenvalue weighted by Gasteiger charge is -2.31. The largest absolute Gasteiger partial charge is 0.338 e. The second-order valence-electron chi connectivity index (χ2n) is 7.27. The maximum Gasteiger partial charge on any atom is 0.280 e. The molecule has 2 fully saturated rings. The quantitative estimate of drug-likeness (QED) is 0.687. The number of aryl methyl sites for hydroxylation is 1. The highest BCUT2D eigenvalue weighted by Crippen LogP contribution is 2.38. The number of hydrogen-bond donors (Lipinski definition) is 0. The van der Waals surface area contributed by atoms with Gasteiger partial charge in [-0.1, -0.05) is 10.4 Å². The number of hydrogen-bond acceptors (Lipinski definition) is 7. The van der Waals surface area contributed by atoms with E-state index < -0.39 is 0 Å². The lowest BCUT2D eigenvalue weighted by molar-refractivity contribution is 0.0693. The van der Waals surface area contributed by atoms with Crippen molar-refractivity contribution in [2.24, 2.45) is 0 Å². The van der Waals surface area contributed by atoms with Crippen LogP contribution in [0.15, 0.2) is 22.2 Å². The average molecular weight is 384 g/mol. The zero-order valence-corrected chi connectivity index (χ0v) is 15.9. The third-order valence-electron chi connectivity index (χ3n) is 5.30. The zero-order chi connectivity index (χ0) is 18.4. The maximum atomic E-state index is 12.7. The summed E-state index contributed by atoms with van der Waals surface area (Å²) >= 11 is 1.52. The van der Waals surface area contributed by atoms with Crippen molar-refractivity contribution < 1.29 is 9.32 Å². The molecule has 0 aromatic carbocycles. The molecule has 5 rings (SSSR count). The minimum atomic E-state index is 0.138. The topological polar surface area (TPSA) is 89.9 Å². The Morgan fingerprint density at radius 1 is 1.26 bits per heavy atom. The second kappa shape index (κ2) is 6.56. The van der Waals surface area contributed by atoms with Crippen LogP contribution in [0, 0.1) is 6.92 Å². The van der Waals surface area contributed by atoms with Gasteiger partial charge in [0.25, 0.3) is 11.8 Å². The molecule has 1 aliphatic heterocycles. The van der Waals surface area contributed by atoms with Crippen molar-refractivity contribution in [2.45, 2.75) is 44.6 Å². The van der Waals surface area contributed by atoms with Crippen molar-refractivity contribution in [3.63, 3.8) is 0 Å². The number of thiophene rings is 1. The van der Waals surface area contributed by atoms with E-state index in [1.54, 1.807) is 0 Å². The molecular weight excluding hydrogens is 364 g/mol. The van der Waals surface area contributed by atoms with Crippen molar-refractivity contribution in [2.75, 3.05) is 13.1 Å². The van der Waals surface area contributed by atoms with Crippen molar-refractivity contribution in [1.29, 1.82) is 0 Å². The van der Waals surface area contributed by atoms with Gasteiger partial charge in [0.15, 0.2) is 11.5 Å². The number of carbonyl (C=O) groups is 1. The predicted octanol–water partition coefficient (Wildman–Crippen LogP) is 3.05. The highest BCUT2D eigenvalue weighted by molar-refractivity contribution is 7.12. The molecule has 140 valence electrons. The molecule has 0 atom stereocenters. The Hall–Kier alpha value is -2.55. The van der Waals surface area contributed by atoms with Crippen LogP contribution in [-0.2, 0) is 0 Å². The summed E-state index contributed by atoms with van der Waals surface area (Å²) in [7, 11) is 0. The molecule has 0 N–H and O–H groups in total. The Kier molecular flexibility index (Phi) is 4.04. The SMILES string of the molecule is Cc1ccsc1C(=O)N1CCC(n2cc(-c3nc(C4CC4)no3)nn2)CC1. The molecule has 3 aromatic heterocycles.